The van der Waals surface area contributed by atoms with Crippen molar-refractivity contribution in [1.29, 1.82) is 0 Å². The van der Waals surface area contributed by atoms with Crippen LogP contribution < -0.4 is 0 Å². The van der Waals surface area contributed by atoms with E-state index < -0.39 is 0 Å². The van der Waals surface area contributed by atoms with Crippen LogP contribution in [0.2, 0.25) is 0 Å². The summed E-state index contributed by atoms with van der Waals surface area (Å²) >= 11 is 1.89. The molecule has 1 aliphatic heterocycles. The van der Waals surface area contributed by atoms with E-state index in [-0.39, 0.29) is 12.2 Å². The molecule has 0 amide bonds. The van der Waals surface area contributed by atoms with Crippen molar-refractivity contribution in [1.82, 2.24) is 0 Å². The Hall–Kier alpha value is -0.510. The minimum atomic E-state index is -0.268. The quantitative estimate of drug-likeness (QED) is 0.799. The SMILES string of the molecule is CCCC[C@@H](Sc1ccccc1)[C@H]1C[C@H](O)CO1. The zero-order chi connectivity index (χ0) is 12.8. The minimum absolute atomic E-state index is 0.205. The number of ether oxygens (including phenoxy) is 1. The molecule has 1 saturated heterocycles. The highest BCUT2D eigenvalue weighted by Gasteiger charge is 2.31. The van der Waals surface area contributed by atoms with Gasteiger partial charge < -0.3 is 9.84 Å². The summed E-state index contributed by atoms with van der Waals surface area (Å²) in [6.45, 7) is 2.72. The van der Waals surface area contributed by atoms with Crippen LogP contribution in [0.5, 0.6) is 0 Å². The van der Waals surface area contributed by atoms with Gasteiger partial charge in [-0.15, -0.1) is 11.8 Å². The number of hydrogen-bond acceptors (Lipinski definition) is 3. The lowest BCUT2D eigenvalue weighted by atomic mass is 10.1. The lowest BCUT2D eigenvalue weighted by molar-refractivity contribution is 0.0860. The molecule has 18 heavy (non-hydrogen) atoms. The third-order valence-corrected chi connectivity index (χ3v) is 4.68. The molecule has 0 bridgehead atoms. The van der Waals surface area contributed by atoms with Crippen LogP contribution >= 0.6 is 11.8 Å². The van der Waals surface area contributed by atoms with Gasteiger partial charge in [-0.3, -0.25) is 0 Å². The summed E-state index contributed by atoms with van der Waals surface area (Å²) in [5, 5.41) is 10.1. The summed E-state index contributed by atoms with van der Waals surface area (Å²) in [7, 11) is 0. The maximum absolute atomic E-state index is 9.61. The Morgan fingerprint density at radius 3 is 2.78 bits per heavy atom. The average molecular weight is 266 g/mol. The molecule has 1 fully saturated rings. The van der Waals surface area contributed by atoms with Crippen molar-refractivity contribution < 1.29 is 9.84 Å². The highest BCUT2D eigenvalue weighted by Crippen LogP contribution is 2.33. The fraction of sp³-hybridized carbons (Fsp3) is 0.600. The zero-order valence-electron chi connectivity index (χ0n) is 10.9. The van der Waals surface area contributed by atoms with E-state index in [1.165, 1.54) is 17.7 Å². The summed E-state index contributed by atoms with van der Waals surface area (Å²) in [6.07, 6.45) is 4.32. The van der Waals surface area contributed by atoms with Gasteiger partial charge in [-0.05, 0) is 18.6 Å². The van der Waals surface area contributed by atoms with Crippen LogP contribution in [0.1, 0.15) is 32.6 Å². The molecule has 3 atom stereocenters. The van der Waals surface area contributed by atoms with Gasteiger partial charge in [0.1, 0.15) is 0 Å². The lowest BCUT2D eigenvalue weighted by Gasteiger charge is -2.22. The summed E-state index contributed by atoms with van der Waals surface area (Å²) in [6, 6.07) is 10.5. The lowest BCUT2D eigenvalue weighted by Crippen LogP contribution is -2.22. The second-order valence-corrected chi connectivity index (χ2v) is 6.19. The van der Waals surface area contributed by atoms with Crippen molar-refractivity contribution in [3.05, 3.63) is 30.3 Å². The Balaban J connectivity index is 1.96. The molecule has 0 spiro atoms. The monoisotopic (exact) mass is 266 g/mol. The average Bonchev–Trinajstić information content (AvgIpc) is 2.82. The molecule has 2 rings (SSSR count). The van der Waals surface area contributed by atoms with Crippen LogP contribution in [0, 0.1) is 0 Å². The smallest absolute Gasteiger partial charge is 0.0798 e. The first kappa shape index (κ1) is 13.9. The number of rotatable bonds is 6. The van der Waals surface area contributed by atoms with Crippen molar-refractivity contribution >= 4 is 11.8 Å². The number of hydrogen-bond donors (Lipinski definition) is 1. The molecule has 1 N–H and O–H groups in total. The first-order valence-corrected chi connectivity index (χ1v) is 7.69. The van der Waals surface area contributed by atoms with Crippen molar-refractivity contribution in [3.8, 4) is 0 Å². The van der Waals surface area contributed by atoms with Crippen LogP contribution in [0.25, 0.3) is 0 Å². The fourth-order valence-electron chi connectivity index (χ4n) is 2.30. The van der Waals surface area contributed by atoms with E-state index in [0.29, 0.717) is 11.9 Å². The molecule has 100 valence electrons. The normalized spacial score (nSPS) is 25.2. The Labute approximate surface area is 114 Å². The van der Waals surface area contributed by atoms with Crippen LogP contribution in [-0.2, 0) is 4.74 Å². The summed E-state index contributed by atoms with van der Waals surface area (Å²) in [5.41, 5.74) is 0. The molecule has 2 nitrogen and oxygen atoms in total. The largest absolute Gasteiger partial charge is 0.391 e. The first-order valence-electron chi connectivity index (χ1n) is 6.81. The predicted molar refractivity (Wildman–Crippen MR) is 76.0 cm³/mol. The molecular formula is C15H22O2S. The van der Waals surface area contributed by atoms with Gasteiger partial charge in [-0.25, -0.2) is 0 Å². The molecule has 1 aromatic rings. The van der Waals surface area contributed by atoms with E-state index in [4.69, 9.17) is 4.74 Å². The highest BCUT2D eigenvalue weighted by atomic mass is 32.2. The summed E-state index contributed by atoms with van der Waals surface area (Å²) in [4.78, 5) is 1.29. The van der Waals surface area contributed by atoms with Gasteiger partial charge in [-0.1, -0.05) is 38.0 Å². The Morgan fingerprint density at radius 2 is 2.17 bits per heavy atom. The van der Waals surface area contributed by atoms with Gasteiger partial charge in [-0.2, -0.15) is 0 Å². The van der Waals surface area contributed by atoms with Crippen molar-refractivity contribution in [3.63, 3.8) is 0 Å². The third kappa shape index (κ3) is 4.01. The molecule has 1 aromatic carbocycles. The van der Waals surface area contributed by atoms with E-state index >= 15 is 0 Å². The van der Waals surface area contributed by atoms with E-state index in [1.807, 2.05) is 17.8 Å². The van der Waals surface area contributed by atoms with Gasteiger partial charge in [0, 0.05) is 16.6 Å². The second kappa shape index (κ2) is 7.17. The standard InChI is InChI=1S/C15H22O2S/c1-2-3-9-15(14-10-12(16)11-17-14)18-13-7-5-4-6-8-13/h4-8,12,14-16H,2-3,9-11H2,1H3/t12-,14+,15+/m0/s1. The minimum Gasteiger partial charge on any atom is -0.391 e. The first-order chi connectivity index (χ1) is 8.79. The molecule has 0 aliphatic carbocycles. The molecular weight excluding hydrogens is 244 g/mol. The predicted octanol–water partition coefficient (Wildman–Crippen LogP) is 3.49. The number of aliphatic hydroxyl groups is 1. The molecule has 0 unspecified atom stereocenters. The van der Waals surface area contributed by atoms with E-state index in [2.05, 4.69) is 31.2 Å². The van der Waals surface area contributed by atoms with E-state index in [0.717, 1.165) is 12.8 Å². The van der Waals surface area contributed by atoms with Gasteiger partial charge in [0.25, 0.3) is 0 Å². The number of benzene rings is 1. The molecule has 0 radical (unpaired) electrons. The zero-order valence-corrected chi connectivity index (χ0v) is 11.7. The number of unbranched alkanes of at least 4 members (excludes halogenated alkanes) is 1. The van der Waals surface area contributed by atoms with Gasteiger partial charge in [0.2, 0.25) is 0 Å². The number of aliphatic hydroxyl groups excluding tert-OH is 1. The molecule has 1 aliphatic rings. The maximum Gasteiger partial charge on any atom is 0.0798 e. The van der Waals surface area contributed by atoms with Crippen LogP contribution in [-0.4, -0.2) is 29.2 Å². The molecule has 3 heteroatoms. The Bertz CT molecular complexity index is 342. The van der Waals surface area contributed by atoms with Gasteiger partial charge in [0.15, 0.2) is 0 Å². The van der Waals surface area contributed by atoms with Gasteiger partial charge in [0.05, 0.1) is 18.8 Å². The van der Waals surface area contributed by atoms with E-state index in [9.17, 15) is 5.11 Å². The van der Waals surface area contributed by atoms with Crippen LogP contribution in [0.3, 0.4) is 0 Å². The molecule has 0 aromatic heterocycles. The molecule has 1 heterocycles. The van der Waals surface area contributed by atoms with Crippen molar-refractivity contribution in [2.45, 2.75) is 55.0 Å². The molecule has 0 saturated carbocycles. The summed E-state index contributed by atoms with van der Waals surface area (Å²) in [5.74, 6) is 0. The summed E-state index contributed by atoms with van der Waals surface area (Å²) < 4.78 is 5.73. The van der Waals surface area contributed by atoms with Gasteiger partial charge >= 0.3 is 0 Å². The Kier molecular flexibility index (Phi) is 5.54. The topological polar surface area (TPSA) is 29.5 Å². The highest BCUT2D eigenvalue weighted by molar-refractivity contribution is 8.00. The second-order valence-electron chi connectivity index (χ2n) is 4.87. The van der Waals surface area contributed by atoms with Crippen LogP contribution in [0.4, 0.5) is 0 Å². The maximum atomic E-state index is 9.61. The van der Waals surface area contributed by atoms with Crippen LogP contribution in [0.15, 0.2) is 35.2 Å². The Morgan fingerprint density at radius 1 is 1.39 bits per heavy atom. The van der Waals surface area contributed by atoms with Crippen molar-refractivity contribution in [2.75, 3.05) is 6.61 Å². The van der Waals surface area contributed by atoms with E-state index in [1.54, 1.807) is 0 Å². The fourth-order valence-corrected chi connectivity index (χ4v) is 3.59. The third-order valence-electron chi connectivity index (χ3n) is 3.29. The number of thioether (sulfide) groups is 1. The van der Waals surface area contributed by atoms with Crippen molar-refractivity contribution in [2.24, 2.45) is 0 Å².